The van der Waals surface area contributed by atoms with Gasteiger partial charge in [0.05, 0.1) is 22.6 Å². The van der Waals surface area contributed by atoms with Gasteiger partial charge in [0, 0.05) is 10.9 Å². The van der Waals surface area contributed by atoms with E-state index in [1.807, 2.05) is 13.8 Å². The first kappa shape index (κ1) is 15.5. The van der Waals surface area contributed by atoms with E-state index in [1.165, 1.54) is 6.20 Å². The van der Waals surface area contributed by atoms with Gasteiger partial charge in [-0.3, -0.25) is 4.79 Å². The fraction of sp³-hybridized carbons (Fsp3) is 0.214. The molecule has 2 rings (SSSR count). The van der Waals surface area contributed by atoms with Gasteiger partial charge < -0.3 is 11.1 Å². The van der Waals surface area contributed by atoms with Crippen molar-refractivity contribution in [1.29, 1.82) is 0 Å². The summed E-state index contributed by atoms with van der Waals surface area (Å²) in [5.74, 6) is 0.180. The van der Waals surface area contributed by atoms with Gasteiger partial charge in [-0.1, -0.05) is 37.0 Å². The van der Waals surface area contributed by atoms with Crippen molar-refractivity contribution in [3.05, 3.63) is 46.0 Å². The highest BCUT2D eigenvalue weighted by molar-refractivity contribution is 6.35. The fourth-order valence-electron chi connectivity index (χ4n) is 1.64. The van der Waals surface area contributed by atoms with Crippen molar-refractivity contribution in [3.8, 4) is 0 Å². The van der Waals surface area contributed by atoms with E-state index in [4.69, 9.17) is 28.9 Å². The number of halogens is 2. The van der Waals surface area contributed by atoms with Crippen LogP contribution in [-0.4, -0.2) is 15.9 Å². The summed E-state index contributed by atoms with van der Waals surface area (Å²) in [7, 11) is 0. The Labute approximate surface area is 132 Å². The minimum atomic E-state index is -0.457. The Balaban J connectivity index is 2.32. The third kappa shape index (κ3) is 3.62. The quantitative estimate of drug-likeness (QED) is 0.901. The van der Waals surface area contributed by atoms with Gasteiger partial charge in [-0.2, -0.15) is 0 Å². The lowest BCUT2D eigenvalue weighted by Crippen LogP contribution is -2.18. The number of benzene rings is 1. The van der Waals surface area contributed by atoms with Crippen LogP contribution in [0.2, 0.25) is 10.0 Å². The lowest BCUT2D eigenvalue weighted by molar-refractivity contribution is 0.102. The topological polar surface area (TPSA) is 80.9 Å². The van der Waals surface area contributed by atoms with Gasteiger partial charge in [0.1, 0.15) is 5.82 Å². The van der Waals surface area contributed by atoms with E-state index in [0.29, 0.717) is 21.6 Å². The van der Waals surface area contributed by atoms with Gasteiger partial charge in [0.2, 0.25) is 0 Å². The third-order valence-corrected chi connectivity index (χ3v) is 3.31. The summed E-state index contributed by atoms with van der Waals surface area (Å²) in [5.41, 5.74) is 6.49. The standard InChI is InChI=1S/C14H14Cl2N4O/c1-7(2)13-18-6-10(17)12(20-13)14(21)19-11-5-8(15)3-4-9(11)16/h3-7H,17H2,1-2H3,(H,19,21). The molecule has 2 aromatic rings. The predicted molar refractivity (Wildman–Crippen MR) is 84.9 cm³/mol. The second-order valence-corrected chi connectivity index (χ2v) is 5.61. The van der Waals surface area contributed by atoms with Crippen molar-refractivity contribution < 1.29 is 4.79 Å². The Kier molecular flexibility index (Phi) is 4.65. The number of amides is 1. The molecule has 0 aliphatic carbocycles. The summed E-state index contributed by atoms with van der Waals surface area (Å²) in [6.07, 6.45) is 1.43. The van der Waals surface area contributed by atoms with Crippen LogP contribution < -0.4 is 11.1 Å². The molecular formula is C14H14Cl2N4O. The highest BCUT2D eigenvalue weighted by Gasteiger charge is 2.16. The van der Waals surface area contributed by atoms with Gasteiger partial charge in [0.15, 0.2) is 5.69 Å². The number of hydrogen-bond acceptors (Lipinski definition) is 4. The lowest BCUT2D eigenvalue weighted by Gasteiger charge is -2.10. The first-order valence-corrected chi connectivity index (χ1v) is 7.03. The van der Waals surface area contributed by atoms with Crippen LogP contribution in [0.3, 0.4) is 0 Å². The minimum absolute atomic E-state index is 0.0897. The number of carbonyl (C=O) groups excluding carboxylic acids is 1. The lowest BCUT2D eigenvalue weighted by atomic mass is 10.2. The average Bonchev–Trinajstić information content (AvgIpc) is 2.43. The van der Waals surface area contributed by atoms with E-state index in [2.05, 4.69) is 15.3 Å². The zero-order chi connectivity index (χ0) is 15.6. The van der Waals surface area contributed by atoms with Gasteiger partial charge in [-0.15, -0.1) is 0 Å². The number of nitrogens with zero attached hydrogens (tertiary/aromatic N) is 2. The summed E-state index contributed by atoms with van der Waals surface area (Å²) in [5, 5.41) is 3.49. The van der Waals surface area contributed by atoms with Crippen LogP contribution in [0.4, 0.5) is 11.4 Å². The van der Waals surface area contributed by atoms with Crippen LogP contribution in [0.15, 0.2) is 24.4 Å². The minimum Gasteiger partial charge on any atom is -0.396 e. The summed E-state index contributed by atoms with van der Waals surface area (Å²) in [6, 6.07) is 4.79. The fourth-order valence-corrected chi connectivity index (χ4v) is 1.98. The molecule has 1 amide bonds. The molecule has 0 atom stereocenters. The molecular weight excluding hydrogens is 311 g/mol. The molecule has 0 radical (unpaired) electrons. The number of nitrogens with two attached hydrogens (primary N) is 1. The van der Waals surface area contributed by atoms with E-state index in [1.54, 1.807) is 18.2 Å². The van der Waals surface area contributed by atoms with Crippen LogP contribution >= 0.6 is 23.2 Å². The molecule has 1 heterocycles. The van der Waals surface area contributed by atoms with Crippen molar-refractivity contribution in [3.63, 3.8) is 0 Å². The van der Waals surface area contributed by atoms with E-state index in [-0.39, 0.29) is 17.3 Å². The maximum atomic E-state index is 12.3. The molecule has 1 aromatic carbocycles. The molecule has 0 fully saturated rings. The van der Waals surface area contributed by atoms with E-state index < -0.39 is 5.91 Å². The summed E-state index contributed by atoms with van der Waals surface area (Å²) in [4.78, 5) is 20.6. The van der Waals surface area contributed by atoms with Crippen molar-refractivity contribution >= 4 is 40.5 Å². The number of rotatable bonds is 3. The van der Waals surface area contributed by atoms with Crippen LogP contribution in [0.1, 0.15) is 36.1 Å². The van der Waals surface area contributed by atoms with E-state index in [9.17, 15) is 4.79 Å². The molecule has 110 valence electrons. The van der Waals surface area contributed by atoms with Gasteiger partial charge in [-0.05, 0) is 18.2 Å². The number of hydrogen-bond donors (Lipinski definition) is 2. The average molecular weight is 325 g/mol. The summed E-state index contributed by atoms with van der Waals surface area (Å²) >= 11 is 11.9. The maximum Gasteiger partial charge on any atom is 0.276 e. The molecule has 0 saturated carbocycles. The second-order valence-electron chi connectivity index (χ2n) is 4.77. The zero-order valence-corrected chi connectivity index (χ0v) is 13.0. The molecule has 21 heavy (non-hydrogen) atoms. The monoisotopic (exact) mass is 324 g/mol. The Morgan fingerprint density at radius 1 is 1.33 bits per heavy atom. The molecule has 5 nitrogen and oxygen atoms in total. The van der Waals surface area contributed by atoms with Gasteiger partial charge >= 0.3 is 0 Å². The molecule has 0 aliphatic rings. The van der Waals surface area contributed by atoms with Gasteiger partial charge in [0.25, 0.3) is 5.91 Å². The van der Waals surface area contributed by atoms with E-state index >= 15 is 0 Å². The first-order valence-electron chi connectivity index (χ1n) is 6.27. The molecule has 0 saturated heterocycles. The van der Waals surface area contributed by atoms with Crippen molar-refractivity contribution in [1.82, 2.24) is 9.97 Å². The summed E-state index contributed by atoms with van der Waals surface area (Å²) < 4.78 is 0. The van der Waals surface area contributed by atoms with Gasteiger partial charge in [-0.25, -0.2) is 9.97 Å². The van der Waals surface area contributed by atoms with Crippen LogP contribution in [0.5, 0.6) is 0 Å². The largest absolute Gasteiger partial charge is 0.396 e. The van der Waals surface area contributed by atoms with Crippen LogP contribution in [0.25, 0.3) is 0 Å². The molecule has 1 aromatic heterocycles. The highest BCUT2D eigenvalue weighted by atomic mass is 35.5. The second kappa shape index (κ2) is 6.28. The normalized spacial score (nSPS) is 10.7. The Hall–Kier alpha value is -1.85. The number of nitrogen functional groups attached to an aromatic ring is 1. The number of anilines is 2. The maximum absolute atomic E-state index is 12.3. The molecule has 0 unspecified atom stereocenters. The highest BCUT2D eigenvalue weighted by Crippen LogP contribution is 2.26. The van der Waals surface area contributed by atoms with Crippen molar-refractivity contribution in [2.24, 2.45) is 0 Å². The molecule has 7 heteroatoms. The summed E-state index contributed by atoms with van der Waals surface area (Å²) in [6.45, 7) is 3.86. The Morgan fingerprint density at radius 3 is 2.71 bits per heavy atom. The van der Waals surface area contributed by atoms with Crippen molar-refractivity contribution in [2.75, 3.05) is 11.1 Å². The molecule has 0 aliphatic heterocycles. The number of nitrogens with one attached hydrogen (secondary N) is 1. The molecule has 0 bridgehead atoms. The van der Waals surface area contributed by atoms with E-state index in [0.717, 1.165) is 0 Å². The van der Waals surface area contributed by atoms with Crippen LogP contribution in [0, 0.1) is 0 Å². The SMILES string of the molecule is CC(C)c1ncc(N)c(C(=O)Nc2cc(Cl)ccc2Cl)n1. The van der Waals surface area contributed by atoms with Crippen LogP contribution in [-0.2, 0) is 0 Å². The molecule has 0 spiro atoms. The third-order valence-electron chi connectivity index (χ3n) is 2.74. The smallest absolute Gasteiger partial charge is 0.276 e. The molecule has 3 N–H and O–H groups in total. The number of carbonyl (C=O) groups is 1. The van der Waals surface area contributed by atoms with Crippen molar-refractivity contribution in [2.45, 2.75) is 19.8 Å². The Bertz CT molecular complexity index is 689. The predicted octanol–water partition coefficient (Wildman–Crippen LogP) is 3.74. The first-order chi connectivity index (χ1) is 9.88. The Morgan fingerprint density at radius 2 is 2.05 bits per heavy atom. The zero-order valence-electron chi connectivity index (χ0n) is 11.5. The number of aromatic nitrogens is 2.